The number of anilines is 1. The van der Waals surface area contributed by atoms with Gasteiger partial charge in [0.25, 0.3) is 0 Å². The summed E-state index contributed by atoms with van der Waals surface area (Å²) in [5, 5.41) is 3.82. The summed E-state index contributed by atoms with van der Waals surface area (Å²) in [7, 11) is 0. The van der Waals surface area contributed by atoms with Gasteiger partial charge in [-0.25, -0.2) is 4.79 Å². The fourth-order valence-corrected chi connectivity index (χ4v) is 3.10. The zero-order valence-corrected chi connectivity index (χ0v) is 13.4. The molecule has 0 spiro atoms. The van der Waals surface area contributed by atoms with Crippen LogP contribution in [-0.4, -0.2) is 12.0 Å². The van der Waals surface area contributed by atoms with Gasteiger partial charge in [0.2, 0.25) is 0 Å². The van der Waals surface area contributed by atoms with Crippen molar-refractivity contribution in [2.75, 3.05) is 5.32 Å². The standard InChI is InChI=1S/C18H18ClNO2/c1-12-8-9-15(14(19)10-12)20-16-11-18(2,22-17(16)21)13-6-4-3-5-7-13/h3-10,16,20H,11H2,1-2H3. The van der Waals surface area contributed by atoms with Gasteiger partial charge in [-0.1, -0.05) is 48.0 Å². The summed E-state index contributed by atoms with van der Waals surface area (Å²) >= 11 is 6.23. The van der Waals surface area contributed by atoms with E-state index in [0.717, 1.165) is 16.8 Å². The number of halogens is 1. The highest BCUT2D eigenvalue weighted by Crippen LogP contribution is 2.38. The molecule has 114 valence electrons. The lowest BCUT2D eigenvalue weighted by Gasteiger charge is -2.22. The molecule has 0 radical (unpaired) electrons. The fourth-order valence-electron chi connectivity index (χ4n) is 2.81. The van der Waals surface area contributed by atoms with Crippen LogP contribution in [0.3, 0.4) is 0 Å². The first-order chi connectivity index (χ1) is 10.5. The van der Waals surface area contributed by atoms with E-state index in [1.54, 1.807) is 0 Å². The maximum absolute atomic E-state index is 12.2. The van der Waals surface area contributed by atoms with Crippen LogP contribution in [0.5, 0.6) is 0 Å². The Labute approximate surface area is 135 Å². The molecule has 1 aliphatic rings. The van der Waals surface area contributed by atoms with Crippen molar-refractivity contribution in [3.05, 3.63) is 64.7 Å². The number of esters is 1. The minimum atomic E-state index is -0.604. The van der Waals surface area contributed by atoms with Gasteiger partial charge in [0.1, 0.15) is 11.6 Å². The van der Waals surface area contributed by atoms with E-state index in [9.17, 15) is 4.79 Å². The van der Waals surface area contributed by atoms with Gasteiger partial charge < -0.3 is 10.1 Å². The van der Waals surface area contributed by atoms with Crippen molar-refractivity contribution in [2.45, 2.75) is 31.9 Å². The maximum atomic E-state index is 12.2. The van der Waals surface area contributed by atoms with Gasteiger partial charge in [-0.3, -0.25) is 0 Å². The lowest BCUT2D eigenvalue weighted by atomic mass is 9.91. The molecule has 1 aliphatic heterocycles. The van der Waals surface area contributed by atoms with Crippen molar-refractivity contribution >= 4 is 23.3 Å². The van der Waals surface area contributed by atoms with E-state index in [2.05, 4.69) is 5.32 Å². The second kappa shape index (κ2) is 5.65. The zero-order valence-electron chi connectivity index (χ0n) is 12.6. The smallest absolute Gasteiger partial charge is 0.329 e. The van der Waals surface area contributed by atoms with Crippen LogP contribution in [0.4, 0.5) is 5.69 Å². The molecule has 0 bridgehead atoms. The minimum Gasteiger partial charge on any atom is -0.453 e. The second-order valence-electron chi connectivity index (χ2n) is 5.90. The molecule has 22 heavy (non-hydrogen) atoms. The summed E-state index contributed by atoms with van der Waals surface area (Å²) in [5.74, 6) is -0.247. The van der Waals surface area contributed by atoms with Crippen LogP contribution < -0.4 is 5.32 Å². The summed E-state index contributed by atoms with van der Waals surface area (Å²) < 4.78 is 5.64. The van der Waals surface area contributed by atoms with Crippen molar-refractivity contribution in [3.63, 3.8) is 0 Å². The molecule has 3 nitrogen and oxygen atoms in total. The summed E-state index contributed by atoms with van der Waals surface area (Å²) in [6.45, 7) is 3.92. The summed E-state index contributed by atoms with van der Waals surface area (Å²) in [4.78, 5) is 12.2. The number of hydrogen-bond acceptors (Lipinski definition) is 3. The molecule has 2 atom stereocenters. The molecule has 1 heterocycles. The number of ether oxygens (including phenoxy) is 1. The average molecular weight is 316 g/mol. The van der Waals surface area contributed by atoms with Crippen LogP contribution in [0.1, 0.15) is 24.5 Å². The predicted molar refractivity (Wildman–Crippen MR) is 88.1 cm³/mol. The first-order valence-corrected chi connectivity index (χ1v) is 7.67. The lowest BCUT2D eigenvalue weighted by molar-refractivity contribution is -0.148. The van der Waals surface area contributed by atoms with Gasteiger partial charge in [0.15, 0.2) is 0 Å². The van der Waals surface area contributed by atoms with E-state index in [1.807, 2.05) is 62.4 Å². The van der Waals surface area contributed by atoms with Crippen LogP contribution >= 0.6 is 11.6 Å². The van der Waals surface area contributed by atoms with Crippen molar-refractivity contribution in [1.29, 1.82) is 0 Å². The van der Waals surface area contributed by atoms with E-state index >= 15 is 0 Å². The largest absolute Gasteiger partial charge is 0.453 e. The molecule has 0 saturated carbocycles. The Kier molecular flexibility index (Phi) is 3.83. The monoisotopic (exact) mass is 315 g/mol. The summed E-state index contributed by atoms with van der Waals surface area (Å²) in [5.41, 5.74) is 2.24. The van der Waals surface area contributed by atoms with E-state index in [1.165, 1.54) is 0 Å². The second-order valence-corrected chi connectivity index (χ2v) is 6.31. The Balaban J connectivity index is 1.80. The van der Waals surface area contributed by atoms with Gasteiger partial charge in [-0.05, 0) is 37.1 Å². The number of rotatable bonds is 3. The van der Waals surface area contributed by atoms with Gasteiger partial charge in [0.05, 0.1) is 10.7 Å². The average Bonchev–Trinajstić information content (AvgIpc) is 2.79. The van der Waals surface area contributed by atoms with Gasteiger partial charge in [0, 0.05) is 6.42 Å². The summed E-state index contributed by atoms with van der Waals surface area (Å²) in [6.07, 6.45) is 0.569. The highest BCUT2D eigenvalue weighted by atomic mass is 35.5. The van der Waals surface area contributed by atoms with E-state index in [0.29, 0.717) is 11.4 Å². The molecule has 0 aromatic heterocycles. The Morgan fingerprint density at radius 1 is 1.23 bits per heavy atom. The predicted octanol–water partition coefficient (Wildman–Crippen LogP) is 4.29. The van der Waals surface area contributed by atoms with Crippen molar-refractivity contribution < 1.29 is 9.53 Å². The number of cyclic esters (lactones) is 1. The molecule has 1 N–H and O–H groups in total. The summed E-state index contributed by atoms with van der Waals surface area (Å²) in [6, 6.07) is 15.1. The molecule has 2 aromatic rings. The normalized spacial score (nSPS) is 24.1. The van der Waals surface area contributed by atoms with Crippen molar-refractivity contribution in [2.24, 2.45) is 0 Å². The molecule has 3 rings (SSSR count). The topological polar surface area (TPSA) is 38.3 Å². The molecule has 1 saturated heterocycles. The van der Waals surface area contributed by atoms with E-state index < -0.39 is 11.6 Å². The molecular formula is C18H18ClNO2. The Hall–Kier alpha value is -2.00. The molecule has 2 aromatic carbocycles. The molecule has 2 unspecified atom stereocenters. The quantitative estimate of drug-likeness (QED) is 0.859. The number of carbonyl (C=O) groups is 1. The first kappa shape index (κ1) is 14.9. The number of nitrogens with one attached hydrogen (secondary N) is 1. The zero-order chi connectivity index (χ0) is 15.7. The molecule has 4 heteroatoms. The molecule has 0 amide bonds. The molecule has 1 fully saturated rings. The first-order valence-electron chi connectivity index (χ1n) is 7.29. The van der Waals surface area contributed by atoms with Gasteiger partial charge in [-0.2, -0.15) is 0 Å². The number of aryl methyl sites for hydroxylation is 1. The third kappa shape index (κ3) is 2.81. The SMILES string of the molecule is Cc1ccc(NC2CC(C)(c3ccccc3)OC2=O)c(Cl)c1. The minimum absolute atomic E-state index is 0.247. The number of carbonyl (C=O) groups excluding carboxylic acids is 1. The molecule has 0 aliphatic carbocycles. The molecular weight excluding hydrogens is 298 g/mol. The third-order valence-corrected chi connectivity index (χ3v) is 4.36. The number of hydrogen-bond donors (Lipinski definition) is 1. The van der Waals surface area contributed by atoms with Crippen LogP contribution in [-0.2, 0) is 15.1 Å². The maximum Gasteiger partial charge on any atom is 0.329 e. The Bertz CT molecular complexity index is 701. The van der Waals surface area contributed by atoms with Crippen molar-refractivity contribution in [3.8, 4) is 0 Å². The fraction of sp³-hybridized carbons (Fsp3) is 0.278. The van der Waals surface area contributed by atoms with E-state index in [-0.39, 0.29) is 5.97 Å². The lowest BCUT2D eigenvalue weighted by Crippen LogP contribution is -2.25. The third-order valence-electron chi connectivity index (χ3n) is 4.04. The van der Waals surface area contributed by atoms with Crippen LogP contribution in [0.2, 0.25) is 5.02 Å². The van der Waals surface area contributed by atoms with Gasteiger partial charge >= 0.3 is 5.97 Å². The highest BCUT2D eigenvalue weighted by molar-refractivity contribution is 6.33. The van der Waals surface area contributed by atoms with Crippen LogP contribution in [0, 0.1) is 6.92 Å². The Morgan fingerprint density at radius 3 is 2.64 bits per heavy atom. The van der Waals surface area contributed by atoms with Gasteiger partial charge in [-0.15, -0.1) is 0 Å². The van der Waals surface area contributed by atoms with Crippen LogP contribution in [0.15, 0.2) is 48.5 Å². The highest BCUT2D eigenvalue weighted by Gasteiger charge is 2.44. The van der Waals surface area contributed by atoms with Crippen molar-refractivity contribution in [1.82, 2.24) is 0 Å². The van der Waals surface area contributed by atoms with Crippen LogP contribution in [0.25, 0.3) is 0 Å². The number of benzene rings is 2. The van der Waals surface area contributed by atoms with E-state index in [4.69, 9.17) is 16.3 Å². The Morgan fingerprint density at radius 2 is 1.95 bits per heavy atom.